The molecule has 1 spiro atoms. The Balaban J connectivity index is 1.62. The van der Waals surface area contributed by atoms with Crippen LogP contribution in [0.15, 0.2) is 18.2 Å². The summed E-state index contributed by atoms with van der Waals surface area (Å²) in [5, 5.41) is 9.95. The summed E-state index contributed by atoms with van der Waals surface area (Å²) in [7, 11) is 0. The van der Waals surface area contributed by atoms with Crippen molar-refractivity contribution in [2.45, 2.75) is 51.4 Å². The number of amides is 2. The molecule has 7 nitrogen and oxygen atoms in total. The topological polar surface area (TPSA) is 79.3 Å². The molecule has 1 N–H and O–H groups in total. The van der Waals surface area contributed by atoms with Gasteiger partial charge in [-0.15, -0.1) is 0 Å². The summed E-state index contributed by atoms with van der Waals surface area (Å²) in [6.45, 7) is 7.51. The van der Waals surface area contributed by atoms with E-state index >= 15 is 0 Å². The number of rotatable bonds is 4. The predicted molar refractivity (Wildman–Crippen MR) is 97.5 cm³/mol. The van der Waals surface area contributed by atoms with Crippen molar-refractivity contribution in [2.24, 2.45) is 5.92 Å². The number of hydrogen-bond donors (Lipinski definition) is 1. The first-order chi connectivity index (χ1) is 12.9. The summed E-state index contributed by atoms with van der Waals surface area (Å²) >= 11 is 0. The molecule has 0 unspecified atom stereocenters. The van der Waals surface area contributed by atoms with Gasteiger partial charge in [-0.05, 0) is 25.0 Å². The number of benzene rings is 1. The fraction of sp³-hybridized carbons (Fsp3) is 0.600. The summed E-state index contributed by atoms with van der Waals surface area (Å²) in [5.41, 5.74) is -0.332. The standard InChI is InChI=1S/C20H26N2O5/c1-4-26-15-8-13(7-14(23)9-15)19(25)21-6-5-20-17(21)10-18(24)22(20)16(11-27-20)12(2)3/h7-9,12,16-17,23H,4-6,10-11H2,1-3H3/t16-,17+,20-/m0/s1. The summed E-state index contributed by atoms with van der Waals surface area (Å²) < 4.78 is 11.6. The average Bonchev–Trinajstić information content (AvgIpc) is 3.23. The highest BCUT2D eigenvalue weighted by atomic mass is 16.5. The van der Waals surface area contributed by atoms with E-state index in [0.717, 1.165) is 0 Å². The molecule has 146 valence electrons. The Bertz CT molecular complexity index is 780. The fourth-order valence-corrected chi connectivity index (χ4v) is 4.74. The molecule has 3 saturated heterocycles. The fourth-order valence-electron chi connectivity index (χ4n) is 4.74. The zero-order valence-corrected chi connectivity index (χ0v) is 16.0. The van der Waals surface area contributed by atoms with E-state index < -0.39 is 5.72 Å². The number of phenols is 1. The molecule has 3 fully saturated rings. The third-order valence-corrected chi connectivity index (χ3v) is 5.97. The minimum absolute atomic E-state index is 0.0145. The van der Waals surface area contributed by atoms with Gasteiger partial charge in [0.2, 0.25) is 5.91 Å². The zero-order valence-electron chi connectivity index (χ0n) is 16.0. The van der Waals surface area contributed by atoms with Crippen molar-refractivity contribution in [3.05, 3.63) is 23.8 Å². The highest BCUT2D eigenvalue weighted by Gasteiger charge is 2.65. The second-order valence-electron chi connectivity index (χ2n) is 7.85. The lowest BCUT2D eigenvalue weighted by atomic mass is 10.0. The van der Waals surface area contributed by atoms with Crippen LogP contribution < -0.4 is 4.74 Å². The van der Waals surface area contributed by atoms with Crippen molar-refractivity contribution in [3.8, 4) is 11.5 Å². The molecule has 7 heteroatoms. The van der Waals surface area contributed by atoms with Crippen LogP contribution in [0.3, 0.4) is 0 Å². The molecule has 3 heterocycles. The maximum absolute atomic E-state index is 13.2. The van der Waals surface area contributed by atoms with Gasteiger partial charge >= 0.3 is 0 Å². The van der Waals surface area contributed by atoms with Gasteiger partial charge < -0.3 is 24.4 Å². The molecule has 0 radical (unpaired) electrons. The monoisotopic (exact) mass is 374 g/mol. The smallest absolute Gasteiger partial charge is 0.254 e. The number of phenolic OH excluding ortho intramolecular Hbond substituents is 1. The molecule has 27 heavy (non-hydrogen) atoms. The van der Waals surface area contributed by atoms with Crippen LogP contribution in [-0.4, -0.2) is 64.3 Å². The quantitative estimate of drug-likeness (QED) is 0.872. The number of likely N-dealkylation sites (tertiary alicyclic amines) is 1. The Morgan fingerprint density at radius 2 is 2.19 bits per heavy atom. The van der Waals surface area contributed by atoms with Crippen LogP contribution in [0.5, 0.6) is 11.5 Å². The lowest BCUT2D eigenvalue weighted by Gasteiger charge is -2.34. The first-order valence-corrected chi connectivity index (χ1v) is 9.61. The first-order valence-electron chi connectivity index (χ1n) is 9.61. The van der Waals surface area contributed by atoms with E-state index in [9.17, 15) is 14.7 Å². The first kappa shape index (κ1) is 18.1. The summed E-state index contributed by atoms with van der Waals surface area (Å²) in [6.07, 6.45) is 0.904. The third-order valence-electron chi connectivity index (χ3n) is 5.97. The van der Waals surface area contributed by atoms with Crippen LogP contribution in [0.25, 0.3) is 0 Å². The largest absolute Gasteiger partial charge is 0.508 e. The zero-order chi connectivity index (χ0) is 19.3. The summed E-state index contributed by atoms with van der Waals surface area (Å²) in [4.78, 5) is 29.5. The lowest BCUT2D eigenvalue weighted by Crippen LogP contribution is -2.51. The van der Waals surface area contributed by atoms with Crippen molar-refractivity contribution in [1.29, 1.82) is 0 Å². The maximum atomic E-state index is 13.2. The van der Waals surface area contributed by atoms with Crippen LogP contribution in [0, 0.1) is 5.92 Å². The highest BCUT2D eigenvalue weighted by molar-refractivity contribution is 5.96. The predicted octanol–water partition coefficient (Wildman–Crippen LogP) is 1.99. The molecule has 3 aliphatic heterocycles. The Hall–Kier alpha value is -2.28. The molecule has 1 aromatic carbocycles. The lowest BCUT2D eigenvalue weighted by molar-refractivity contribution is -0.139. The Kier molecular flexibility index (Phi) is 4.29. The van der Waals surface area contributed by atoms with E-state index in [0.29, 0.717) is 43.4 Å². The molecule has 0 saturated carbocycles. The molecule has 0 aromatic heterocycles. The number of carbonyl (C=O) groups excluding carboxylic acids is 2. The molecule has 3 aliphatic rings. The second-order valence-corrected chi connectivity index (χ2v) is 7.85. The minimum atomic E-state index is -0.693. The van der Waals surface area contributed by atoms with E-state index in [2.05, 4.69) is 13.8 Å². The van der Waals surface area contributed by atoms with Crippen molar-refractivity contribution >= 4 is 11.8 Å². The third kappa shape index (κ3) is 2.67. The Morgan fingerprint density at radius 3 is 2.89 bits per heavy atom. The van der Waals surface area contributed by atoms with Crippen LogP contribution in [-0.2, 0) is 9.53 Å². The van der Waals surface area contributed by atoms with Crippen molar-refractivity contribution < 1.29 is 24.2 Å². The van der Waals surface area contributed by atoms with E-state index in [1.807, 2.05) is 11.8 Å². The number of carbonyl (C=O) groups is 2. The molecule has 3 atom stereocenters. The van der Waals surface area contributed by atoms with Crippen molar-refractivity contribution in [3.63, 3.8) is 0 Å². The molecule has 0 aliphatic carbocycles. The molecule has 4 rings (SSSR count). The van der Waals surface area contributed by atoms with Crippen molar-refractivity contribution in [1.82, 2.24) is 9.80 Å². The van der Waals surface area contributed by atoms with Crippen LogP contribution in [0.2, 0.25) is 0 Å². The molecule has 0 bridgehead atoms. The van der Waals surface area contributed by atoms with Gasteiger partial charge in [-0.25, -0.2) is 0 Å². The number of aromatic hydroxyl groups is 1. The van der Waals surface area contributed by atoms with E-state index in [1.165, 1.54) is 12.1 Å². The van der Waals surface area contributed by atoms with Gasteiger partial charge in [0, 0.05) is 24.6 Å². The van der Waals surface area contributed by atoms with Crippen LogP contribution >= 0.6 is 0 Å². The van der Waals surface area contributed by atoms with E-state index in [-0.39, 0.29) is 36.1 Å². The number of ether oxygens (including phenoxy) is 2. The minimum Gasteiger partial charge on any atom is -0.508 e. The Labute approximate surface area is 158 Å². The van der Waals surface area contributed by atoms with Crippen LogP contribution in [0.1, 0.15) is 44.0 Å². The summed E-state index contributed by atoms with van der Waals surface area (Å²) in [6, 6.07) is 4.33. The molecule has 1 aromatic rings. The highest BCUT2D eigenvalue weighted by Crippen LogP contribution is 2.49. The average molecular weight is 374 g/mol. The molecule has 2 amide bonds. The van der Waals surface area contributed by atoms with Gasteiger partial charge in [-0.3, -0.25) is 9.59 Å². The summed E-state index contributed by atoms with van der Waals surface area (Å²) in [5.74, 6) is 0.589. The van der Waals surface area contributed by atoms with Gasteiger partial charge in [-0.1, -0.05) is 13.8 Å². The SMILES string of the molecule is CCOc1cc(O)cc(C(=O)N2CC[C@@]34OC[C@@H](C(C)C)N3C(=O)C[C@@H]24)c1. The van der Waals surface area contributed by atoms with Gasteiger partial charge in [0.05, 0.1) is 31.7 Å². The van der Waals surface area contributed by atoms with Gasteiger partial charge in [0.25, 0.3) is 5.91 Å². The number of hydrogen-bond acceptors (Lipinski definition) is 5. The molecular formula is C20H26N2O5. The maximum Gasteiger partial charge on any atom is 0.254 e. The molecular weight excluding hydrogens is 348 g/mol. The number of nitrogens with zero attached hydrogens (tertiary/aromatic N) is 2. The van der Waals surface area contributed by atoms with Gasteiger partial charge in [-0.2, -0.15) is 0 Å². The van der Waals surface area contributed by atoms with Gasteiger partial charge in [0.15, 0.2) is 5.72 Å². The van der Waals surface area contributed by atoms with Crippen LogP contribution in [0.4, 0.5) is 0 Å². The Morgan fingerprint density at radius 1 is 1.41 bits per heavy atom. The van der Waals surface area contributed by atoms with Gasteiger partial charge in [0.1, 0.15) is 11.5 Å². The van der Waals surface area contributed by atoms with Crippen molar-refractivity contribution in [2.75, 3.05) is 19.8 Å². The second kappa shape index (κ2) is 6.41. The van der Waals surface area contributed by atoms with E-state index in [1.54, 1.807) is 11.0 Å². The van der Waals surface area contributed by atoms with E-state index in [4.69, 9.17) is 9.47 Å². The normalized spacial score (nSPS) is 29.4.